The first-order valence-electron chi connectivity index (χ1n) is 8.73. The number of phenols is 1. The molecule has 132 valence electrons. The third-order valence-corrected chi connectivity index (χ3v) is 6.93. The summed E-state index contributed by atoms with van der Waals surface area (Å²) in [5.74, 6) is -0.971. The highest BCUT2D eigenvalue weighted by atomic mass is 16.5. The van der Waals surface area contributed by atoms with Gasteiger partial charge in [-0.15, -0.1) is 0 Å². The van der Waals surface area contributed by atoms with E-state index >= 15 is 0 Å². The Morgan fingerprint density at radius 1 is 1.40 bits per heavy atom. The SMILES string of the molecule is Cc1c2c3c(c(O)c1C(=O)O)O[C@H]1[C@@H](O)C=C[C@H]4[C@@H](C2)N(C)CC[C@@]341. The highest BCUT2D eigenvalue weighted by Gasteiger charge is 2.64. The van der Waals surface area contributed by atoms with Crippen LogP contribution in [0.2, 0.25) is 0 Å². The van der Waals surface area contributed by atoms with Crippen LogP contribution in [0.5, 0.6) is 11.5 Å². The van der Waals surface area contributed by atoms with Crippen LogP contribution in [0, 0.1) is 12.8 Å². The molecule has 1 aromatic rings. The Bertz CT molecular complexity index is 847. The molecule has 0 saturated carbocycles. The lowest BCUT2D eigenvalue weighted by Crippen LogP contribution is -2.64. The fourth-order valence-corrected chi connectivity index (χ4v) is 5.82. The molecule has 25 heavy (non-hydrogen) atoms. The number of aliphatic hydroxyl groups is 1. The molecule has 0 unspecified atom stereocenters. The molecule has 2 aliphatic carbocycles. The van der Waals surface area contributed by atoms with Crippen LogP contribution in [0.1, 0.15) is 33.5 Å². The summed E-state index contributed by atoms with van der Waals surface area (Å²) in [6.07, 6.45) is 4.21. The third-order valence-electron chi connectivity index (χ3n) is 6.93. The number of likely N-dealkylation sites (N-methyl/N-ethyl adjacent to an activating group) is 1. The first-order valence-corrected chi connectivity index (χ1v) is 8.73. The lowest BCUT2D eigenvalue weighted by molar-refractivity contribution is -0.0453. The Kier molecular flexibility index (Phi) is 2.78. The van der Waals surface area contributed by atoms with Crippen LogP contribution in [-0.4, -0.2) is 58.0 Å². The fraction of sp³-hybridized carbons (Fsp3) is 0.526. The van der Waals surface area contributed by atoms with Crippen molar-refractivity contribution < 1.29 is 24.9 Å². The number of aliphatic hydroxyl groups excluding tert-OH is 1. The van der Waals surface area contributed by atoms with Crippen LogP contribution in [0.4, 0.5) is 0 Å². The highest BCUT2D eigenvalue weighted by molar-refractivity contribution is 5.95. The van der Waals surface area contributed by atoms with E-state index in [9.17, 15) is 20.1 Å². The van der Waals surface area contributed by atoms with Crippen LogP contribution >= 0.6 is 0 Å². The van der Waals surface area contributed by atoms with Crippen molar-refractivity contribution in [2.45, 2.75) is 43.4 Å². The summed E-state index contributed by atoms with van der Waals surface area (Å²) >= 11 is 0. The number of likely N-dealkylation sites (tertiary alicyclic amines) is 1. The topological polar surface area (TPSA) is 90.2 Å². The molecule has 2 aliphatic heterocycles. The van der Waals surface area contributed by atoms with Crippen molar-refractivity contribution in [2.75, 3.05) is 13.6 Å². The van der Waals surface area contributed by atoms with E-state index in [1.807, 2.05) is 0 Å². The summed E-state index contributed by atoms with van der Waals surface area (Å²) in [4.78, 5) is 14.0. The van der Waals surface area contributed by atoms with Gasteiger partial charge >= 0.3 is 5.97 Å². The maximum absolute atomic E-state index is 11.7. The number of aromatic hydroxyl groups is 1. The monoisotopic (exact) mass is 343 g/mol. The van der Waals surface area contributed by atoms with Gasteiger partial charge in [0.15, 0.2) is 11.5 Å². The van der Waals surface area contributed by atoms with Gasteiger partial charge in [0.05, 0.1) is 0 Å². The number of piperidine rings is 1. The second-order valence-corrected chi connectivity index (χ2v) is 7.82. The fourth-order valence-electron chi connectivity index (χ4n) is 5.82. The number of aromatic carboxylic acids is 1. The molecule has 3 N–H and O–H groups in total. The molecular formula is C19H21NO5. The molecule has 0 radical (unpaired) electrons. The average Bonchev–Trinajstić information content (AvgIpc) is 2.90. The molecule has 0 aromatic heterocycles. The summed E-state index contributed by atoms with van der Waals surface area (Å²) < 4.78 is 6.07. The van der Waals surface area contributed by atoms with Crippen LogP contribution < -0.4 is 4.74 Å². The molecule has 6 heteroatoms. The normalized spacial score (nSPS) is 37.6. The lowest BCUT2D eigenvalue weighted by Gasteiger charge is -2.56. The summed E-state index contributed by atoms with van der Waals surface area (Å²) in [7, 11) is 2.10. The van der Waals surface area contributed by atoms with Crippen molar-refractivity contribution in [2.24, 2.45) is 5.92 Å². The molecule has 2 bridgehead atoms. The predicted molar refractivity (Wildman–Crippen MR) is 89.3 cm³/mol. The Balaban J connectivity index is 1.88. The molecule has 1 spiro atoms. The summed E-state index contributed by atoms with van der Waals surface area (Å²) in [5.41, 5.74) is 2.08. The van der Waals surface area contributed by atoms with Gasteiger partial charge in [0, 0.05) is 22.9 Å². The Morgan fingerprint density at radius 3 is 2.88 bits per heavy atom. The van der Waals surface area contributed by atoms with Gasteiger partial charge < -0.3 is 25.0 Å². The van der Waals surface area contributed by atoms with E-state index in [0.29, 0.717) is 5.56 Å². The molecule has 4 aliphatic rings. The summed E-state index contributed by atoms with van der Waals surface area (Å²) in [5, 5.41) is 30.8. The second-order valence-electron chi connectivity index (χ2n) is 7.82. The van der Waals surface area contributed by atoms with E-state index in [1.165, 1.54) is 0 Å². The Morgan fingerprint density at radius 2 is 2.16 bits per heavy atom. The minimum Gasteiger partial charge on any atom is -0.504 e. The van der Waals surface area contributed by atoms with E-state index in [4.69, 9.17) is 4.74 Å². The second kappa shape index (κ2) is 4.56. The smallest absolute Gasteiger partial charge is 0.339 e. The molecule has 6 nitrogen and oxygen atoms in total. The minimum absolute atomic E-state index is 0.0783. The third kappa shape index (κ3) is 1.56. The zero-order valence-electron chi connectivity index (χ0n) is 14.2. The number of nitrogens with zero attached hydrogens (tertiary/aromatic N) is 1. The van der Waals surface area contributed by atoms with E-state index < -0.39 is 18.2 Å². The van der Waals surface area contributed by atoms with Gasteiger partial charge in [0.25, 0.3) is 0 Å². The average molecular weight is 343 g/mol. The number of carbonyl (C=O) groups is 1. The molecule has 2 heterocycles. The van der Waals surface area contributed by atoms with Crippen molar-refractivity contribution in [1.82, 2.24) is 4.90 Å². The number of carboxylic acid groups (broad SMARTS) is 1. The Hall–Kier alpha value is -2.05. The van der Waals surface area contributed by atoms with Gasteiger partial charge in [-0.25, -0.2) is 4.79 Å². The van der Waals surface area contributed by atoms with Gasteiger partial charge in [-0.1, -0.05) is 12.2 Å². The van der Waals surface area contributed by atoms with Gasteiger partial charge in [-0.3, -0.25) is 0 Å². The number of carboxylic acids is 1. The molecule has 1 aromatic carbocycles. The van der Waals surface area contributed by atoms with Gasteiger partial charge in [-0.2, -0.15) is 0 Å². The van der Waals surface area contributed by atoms with Crippen molar-refractivity contribution in [3.8, 4) is 11.5 Å². The molecule has 1 fully saturated rings. The standard InChI is InChI=1S/C19H21NO5/c1-8-9-7-11-10-3-4-12(21)17-19(10,5-6-20(11)2)14(9)16(25-17)15(22)13(8)18(23)24/h3-4,10-12,17,21-22H,5-7H2,1-2H3,(H,23,24)/t10-,11+,12-,17-,19-/m0/s1. The van der Waals surface area contributed by atoms with Gasteiger partial charge in [0.1, 0.15) is 17.8 Å². The number of ether oxygens (including phenoxy) is 1. The van der Waals surface area contributed by atoms with E-state index in [0.717, 1.165) is 30.5 Å². The minimum atomic E-state index is -1.15. The van der Waals surface area contributed by atoms with E-state index in [2.05, 4.69) is 18.0 Å². The Labute approximate surface area is 145 Å². The molecule has 0 amide bonds. The number of benzene rings is 1. The molecule has 1 saturated heterocycles. The zero-order chi connectivity index (χ0) is 17.7. The van der Waals surface area contributed by atoms with Gasteiger partial charge in [0.2, 0.25) is 0 Å². The summed E-state index contributed by atoms with van der Waals surface area (Å²) in [6, 6.07) is 0.243. The number of hydrogen-bond donors (Lipinski definition) is 3. The van der Waals surface area contributed by atoms with Crippen LogP contribution in [0.15, 0.2) is 12.2 Å². The predicted octanol–water partition coefficient (Wildman–Crippen LogP) is 1.20. The zero-order valence-corrected chi connectivity index (χ0v) is 14.2. The maximum Gasteiger partial charge on any atom is 0.339 e. The van der Waals surface area contributed by atoms with Crippen molar-refractivity contribution in [1.29, 1.82) is 0 Å². The van der Waals surface area contributed by atoms with Crippen LogP contribution in [-0.2, 0) is 11.8 Å². The largest absolute Gasteiger partial charge is 0.504 e. The van der Waals surface area contributed by atoms with Crippen molar-refractivity contribution >= 4 is 5.97 Å². The molecular weight excluding hydrogens is 322 g/mol. The number of hydrogen-bond acceptors (Lipinski definition) is 5. The van der Waals surface area contributed by atoms with Crippen molar-refractivity contribution in [3.63, 3.8) is 0 Å². The van der Waals surface area contributed by atoms with E-state index in [1.54, 1.807) is 13.0 Å². The van der Waals surface area contributed by atoms with Crippen molar-refractivity contribution in [3.05, 3.63) is 34.4 Å². The molecule has 5 atom stereocenters. The summed E-state index contributed by atoms with van der Waals surface area (Å²) in [6.45, 7) is 2.66. The highest BCUT2D eigenvalue weighted by Crippen LogP contribution is 2.63. The maximum atomic E-state index is 11.7. The van der Waals surface area contributed by atoms with Gasteiger partial charge in [-0.05, 0) is 44.5 Å². The van der Waals surface area contributed by atoms with Crippen LogP contribution in [0.25, 0.3) is 0 Å². The lowest BCUT2D eigenvalue weighted by atomic mass is 9.53. The first kappa shape index (κ1) is 15.2. The van der Waals surface area contributed by atoms with E-state index in [-0.39, 0.29) is 34.4 Å². The van der Waals surface area contributed by atoms with Crippen LogP contribution in [0.3, 0.4) is 0 Å². The first-order chi connectivity index (χ1) is 11.9. The quantitative estimate of drug-likeness (QED) is 0.664. The number of rotatable bonds is 1. The molecule has 5 rings (SSSR count).